The SMILES string of the molecule is COc1ccc(-c2ccc(=O)n(CC(=O)Nc3ccc(C)cc3)n2)c(OC)c1. The lowest BCUT2D eigenvalue weighted by Crippen LogP contribution is -2.29. The van der Waals surface area contributed by atoms with E-state index in [2.05, 4.69) is 10.4 Å². The third-order valence-electron chi connectivity index (χ3n) is 4.18. The number of rotatable bonds is 6. The monoisotopic (exact) mass is 379 g/mol. The average molecular weight is 379 g/mol. The van der Waals surface area contributed by atoms with Gasteiger partial charge in [0.05, 0.1) is 19.9 Å². The van der Waals surface area contributed by atoms with E-state index in [0.29, 0.717) is 28.4 Å². The summed E-state index contributed by atoms with van der Waals surface area (Å²) in [4.78, 5) is 24.5. The number of hydrogen-bond donors (Lipinski definition) is 1. The van der Waals surface area contributed by atoms with E-state index < -0.39 is 0 Å². The summed E-state index contributed by atoms with van der Waals surface area (Å²) in [6.45, 7) is 1.77. The zero-order valence-electron chi connectivity index (χ0n) is 15.9. The number of benzene rings is 2. The molecule has 1 heterocycles. The van der Waals surface area contributed by atoms with E-state index in [9.17, 15) is 9.59 Å². The van der Waals surface area contributed by atoms with Crippen molar-refractivity contribution in [3.8, 4) is 22.8 Å². The molecule has 3 aromatic rings. The summed E-state index contributed by atoms with van der Waals surface area (Å²) in [5.74, 6) is 0.866. The van der Waals surface area contributed by atoms with Crippen LogP contribution in [0.5, 0.6) is 11.5 Å². The van der Waals surface area contributed by atoms with Gasteiger partial charge in [0.1, 0.15) is 18.0 Å². The van der Waals surface area contributed by atoms with E-state index in [1.165, 1.54) is 6.07 Å². The van der Waals surface area contributed by atoms with E-state index in [0.717, 1.165) is 10.2 Å². The van der Waals surface area contributed by atoms with Crippen LogP contribution >= 0.6 is 0 Å². The smallest absolute Gasteiger partial charge is 0.267 e. The first kappa shape index (κ1) is 19.2. The fourth-order valence-corrected chi connectivity index (χ4v) is 2.69. The zero-order valence-corrected chi connectivity index (χ0v) is 15.9. The number of hydrogen-bond acceptors (Lipinski definition) is 5. The zero-order chi connectivity index (χ0) is 20.1. The molecule has 144 valence electrons. The highest BCUT2D eigenvalue weighted by Crippen LogP contribution is 2.31. The van der Waals surface area contributed by atoms with Crippen LogP contribution in [-0.2, 0) is 11.3 Å². The highest BCUT2D eigenvalue weighted by atomic mass is 16.5. The van der Waals surface area contributed by atoms with E-state index in [4.69, 9.17) is 9.47 Å². The van der Waals surface area contributed by atoms with Gasteiger partial charge in [-0.15, -0.1) is 0 Å². The molecule has 28 heavy (non-hydrogen) atoms. The summed E-state index contributed by atoms with van der Waals surface area (Å²) in [7, 11) is 3.11. The second kappa shape index (κ2) is 8.39. The summed E-state index contributed by atoms with van der Waals surface area (Å²) in [6.07, 6.45) is 0. The van der Waals surface area contributed by atoms with Crippen molar-refractivity contribution in [1.82, 2.24) is 9.78 Å². The number of nitrogens with one attached hydrogen (secondary N) is 1. The third kappa shape index (κ3) is 4.37. The van der Waals surface area contributed by atoms with Crippen molar-refractivity contribution < 1.29 is 14.3 Å². The van der Waals surface area contributed by atoms with Crippen LogP contribution in [0, 0.1) is 6.92 Å². The molecule has 1 N–H and O–H groups in total. The molecule has 0 spiro atoms. The minimum absolute atomic E-state index is 0.195. The normalized spacial score (nSPS) is 10.4. The Kier molecular flexibility index (Phi) is 5.74. The molecule has 0 bridgehead atoms. The van der Waals surface area contributed by atoms with Crippen molar-refractivity contribution in [1.29, 1.82) is 0 Å². The Labute approximate surface area is 162 Å². The molecule has 0 saturated heterocycles. The lowest BCUT2D eigenvalue weighted by Gasteiger charge is -2.12. The van der Waals surface area contributed by atoms with E-state index in [1.54, 1.807) is 38.5 Å². The molecular formula is C21H21N3O4. The van der Waals surface area contributed by atoms with Gasteiger partial charge in [0.25, 0.3) is 5.56 Å². The van der Waals surface area contributed by atoms with Gasteiger partial charge in [-0.2, -0.15) is 5.10 Å². The minimum atomic E-state index is -0.365. The molecule has 0 aliphatic carbocycles. The van der Waals surface area contributed by atoms with Gasteiger partial charge >= 0.3 is 0 Å². The van der Waals surface area contributed by atoms with Gasteiger partial charge in [-0.3, -0.25) is 9.59 Å². The Bertz CT molecular complexity index is 1040. The van der Waals surface area contributed by atoms with Crippen LogP contribution in [0.2, 0.25) is 0 Å². The van der Waals surface area contributed by atoms with Crippen molar-refractivity contribution >= 4 is 11.6 Å². The third-order valence-corrected chi connectivity index (χ3v) is 4.18. The van der Waals surface area contributed by atoms with E-state index in [1.807, 2.05) is 31.2 Å². The molecule has 2 aromatic carbocycles. The largest absolute Gasteiger partial charge is 0.497 e. The van der Waals surface area contributed by atoms with Gasteiger partial charge in [0.15, 0.2) is 0 Å². The van der Waals surface area contributed by atoms with Gasteiger partial charge in [-0.1, -0.05) is 17.7 Å². The topological polar surface area (TPSA) is 82.5 Å². The van der Waals surface area contributed by atoms with Crippen LogP contribution in [0.4, 0.5) is 5.69 Å². The van der Waals surface area contributed by atoms with Crippen molar-refractivity contribution in [2.45, 2.75) is 13.5 Å². The molecule has 7 heteroatoms. The summed E-state index contributed by atoms with van der Waals surface area (Å²) >= 11 is 0. The number of methoxy groups -OCH3 is 2. The molecule has 1 aromatic heterocycles. The second-order valence-electron chi connectivity index (χ2n) is 6.19. The number of anilines is 1. The number of aryl methyl sites for hydroxylation is 1. The van der Waals surface area contributed by atoms with Crippen molar-refractivity contribution in [3.05, 3.63) is 70.5 Å². The van der Waals surface area contributed by atoms with Crippen LogP contribution in [0.25, 0.3) is 11.3 Å². The number of amides is 1. The van der Waals surface area contributed by atoms with Crippen LogP contribution in [0.3, 0.4) is 0 Å². The first-order valence-electron chi connectivity index (χ1n) is 8.67. The Morgan fingerprint density at radius 2 is 1.79 bits per heavy atom. The van der Waals surface area contributed by atoms with Crippen LogP contribution < -0.4 is 20.3 Å². The Balaban J connectivity index is 1.84. The van der Waals surface area contributed by atoms with Crippen molar-refractivity contribution in [2.75, 3.05) is 19.5 Å². The summed E-state index contributed by atoms with van der Waals surface area (Å²) in [5.41, 5.74) is 2.60. The molecule has 0 fully saturated rings. The first-order chi connectivity index (χ1) is 13.5. The Hall–Kier alpha value is -3.61. The van der Waals surface area contributed by atoms with Crippen molar-refractivity contribution in [2.24, 2.45) is 0 Å². The number of aromatic nitrogens is 2. The molecule has 0 unspecified atom stereocenters. The fourth-order valence-electron chi connectivity index (χ4n) is 2.69. The Morgan fingerprint density at radius 3 is 2.46 bits per heavy atom. The predicted octanol–water partition coefficient (Wildman–Crippen LogP) is 2.87. The predicted molar refractivity (Wildman–Crippen MR) is 107 cm³/mol. The highest BCUT2D eigenvalue weighted by molar-refractivity contribution is 5.90. The standard InChI is InChI=1S/C21H21N3O4/c1-14-4-6-15(7-5-14)22-20(25)13-24-21(26)11-10-18(23-24)17-9-8-16(27-2)12-19(17)28-3/h4-12H,13H2,1-3H3,(H,22,25). The molecule has 0 aliphatic heterocycles. The molecule has 1 amide bonds. The van der Waals surface area contributed by atoms with E-state index >= 15 is 0 Å². The quantitative estimate of drug-likeness (QED) is 0.712. The maximum Gasteiger partial charge on any atom is 0.267 e. The van der Waals surface area contributed by atoms with Crippen LogP contribution in [0.15, 0.2) is 59.4 Å². The molecule has 0 aliphatic rings. The maximum absolute atomic E-state index is 12.3. The molecule has 3 rings (SSSR count). The van der Waals surface area contributed by atoms with Crippen molar-refractivity contribution in [3.63, 3.8) is 0 Å². The first-order valence-corrected chi connectivity index (χ1v) is 8.67. The average Bonchev–Trinajstić information content (AvgIpc) is 2.71. The fraction of sp³-hybridized carbons (Fsp3) is 0.190. The molecule has 0 radical (unpaired) electrons. The molecule has 0 atom stereocenters. The van der Waals surface area contributed by atoms with Gasteiger partial charge in [0, 0.05) is 23.4 Å². The minimum Gasteiger partial charge on any atom is -0.497 e. The second-order valence-corrected chi connectivity index (χ2v) is 6.19. The molecule has 0 saturated carbocycles. The van der Waals surface area contributed by atoms with Crippen LogP contribution in [0.1, 0.15) is 5.56 Å². The lowest BCUT2D eigenvalue weighted by molar-refractivity contribution is -0.117. The van der Waals surface area contributed by atoms with E-state index in [-0.39, 0.29) is 18.0 Å². The van der Waals surface area contributed by atoms with Gasteiger partial charge in [-0.25, -0.2) is 4.68 Å². The Morgan fingerprint density at radius 1 is 1.04 bits per heavy atom. The van der Waals surface area contributed by atoms with Gasteiger partial charge in [-0.05, 0) is 37.3 Å². The summed E-state index contributed by atoms with van der Waals surface area (Å²) in [5, 5.41) is 7.09. The highest BCUT2D eigenvalue weighted by Gasteiger charge is 2.12. The summed E-state index contributed by atoms with van der Waals surface area (Å²) in [6, 6.07) is 15.7. The number of carbonyl (C=O) groups is 1. The van der Waals surface area contributed by atoms with Crippen LogP contribution in [-0.4, -0.2) is 29.9 Å². The number of nitrogens with zero attached hydrogens (tertiary/aromatic N) is 2. The number of carbonyl (C=O) groups excluding carboxylic acids is 1. The molecular weight excluding hydrogens is 358 g/mol. The maximum atomic E-state index is 12.3. The van der Waals surface area contributed by atoms with Gasteiger partial charge in [0.2, 0.25) is 5.91 Å². The van der Waals surface area contributed by atoms with Gasteiger partial charge < -0.3 is 14.8 Å². The summed E-state index contributed by atoms with van der Waals surface area (Å²) < 4.78 is 11.7. The lowest BCUT2D eigenvalue weighted by atomic mass is 10.1. The number of ether oxygens (including phenoxy) is 2. The molecule has 7 nitrogen and oxygen atoms in total.